The molecule has 2 N–H and O–H groups in total. The number of hydrogen-bond donors (Lipinski definition) is 2. The SMILES string of the molecule is CC(=O)NCCOCCOCCOCCC(=O)NCc1ccc(-c2nnc(C)nn2)cc1. The molecule has 0 bridgehead atoms. The molecule has 0 aliphatic rings. The van der Waals surface area contributed by atoms with Crippen molar-refractivity contribution in [3.63, 3.8) is 0 Å². The van der Waals surface area contributed by atoms with Crippen molar-refractivity contribution in [2.24, 2.45) is 0 Å². The Morgan fingerprint density at radius 1 is 0.812 bits per heavy atom. The zero-order valence-electron chi connectivity index (χ0n) is 18.5. The van der Waals surface area contributed by atoms with E-state index >= 15 is 0 Å². The summed E-state index contributed by atoms with van der Waals surface area (Å²) in [7, 11) is 0. The summed E-state index contributed by atoms with van der Waals surface area (Å²) in [6, 6.07) is 7.53. The first-order valence-corrected chi connectivity index (χ1v) is 10.4. The van der Waals surface area contributed by atoms with Crippen LogP contribution in [0.4, 0.5) is 0 Å². The maximum Gasteiger partial charge on any atom is 0.222 e. The smallest absolute Gasteiger partial charge is 0.222 e. The Bertz CT molecular complexity index is 816. The number of aromatic nitrogens is 4. The van der Waals surface area contributed by atoms with Crippen molar-refractivity contribution in [2.45, 2.75) is 26.8 Å². The number of rotatable bonds is 15. The van der Waals surface area contributed by atoms with Crippen LogP contribution in [0.5, 0.6) is 0 Å². The van der Waals surface area contributed by atoms with E-state index in [0.717, 1.165) is 11.1 Å². The van der Waals surface area contributed by atoms with Gasteiger partial charge in [-0.25, -0.2) is 0 Å². The summed E-state index contributed by atoms with van der Waals surface area (Å²) >= 11 is 0. The number of carbonyl (C=O) groups excluding carboxylic acids is 2. The van der Waals surface area contributed by atoms with Gasteiger partial charge in [0.2, 0.25) is 17.6 Å². The molecular weight excluding hydrogens is 416 g/mol. The van der Waals surface area contributed by atoms with Gasteiger partial charge in [0.05, 0.1) is 39.6 Å². The Hall–Kier alpha value is -3.02. The molecule has 0 unspecified atom stereocenters. The number of hydrogen-bond acceptors (Lipinski definition) is 9. The largest absolute Gasteiger partial charge is 0.379 e. The Morgan fingerprint density at radius 3 is 2.03 bits per heavy atom. The lowest BCUT2D eigenvalue weighted by atomic mass is 10.1. The summed E-state index contributed by atoms with van der Waals surface area (Å²) in [4.78, 5) is 22.6. The van der Waals surface area contributed by atoms with E-state index in [1.807, 2.05) is 24.3 Å². The number of benzene rings is 1. The number of amides is 2. The molecule has 11 heteroatoms. The molecule has 0 aliphatic heterocycles. The lowest BCUT2D eigenvalue weighted by molar-refractivity contribution is -0.122. The fraction of sp³-hybridized carbons (Fsp3) is 0.524. The predicted octanol–water partition coefficient (Wildman–Crippen LogP) is 0.434. The number of ether oxygens (including phenoxy) is 3. The van der Waals surface area contributed by atoms with Crippen LogP contribution < -0.4 is 10.6 Å². The van der Waals surface area contributed by atoms with Crippen LogP contribution in [0.2, 0.25) is 0 Å². The molecule has 1 aromatic heterocycles. The van der Waals surface area contributed by atoms with Gasteiger partial charge in [0, 0.05) is 32.0 Å². The van der Waals surface area contributed by atoms with Gasteiger partial charge in [0.1, 0.15) is 0 Å². The molecule has 0 atom stereocenters. The first-order valence-electron chi connectivity index (χ1n) is 10.4. The molecule has 174 valence electrons. The monoisotopic (exact) mass is 446 g/mol. The van der Waals surface area contributed by atoms with Crippen molar-refractivity contribution in [2.75, 3.05) is 46.2 Å². The molecule has 1 aromatic carbocycles. The van der Waals surface area contributed by atoms with E-state index in [9.17, 15) is 9.59 Å². The highest BCUT2D eigenvalue weighted by atomic mass is 16.5. The van der Waals surface area contributed by atoms with E-state index in [-0.39, 0.29) is 18.2 Å². The lowest BCUT2D eigenvalue weighted by Crippen LogP contribution is -2.25. The molecule has 0 radical (unpaired) electrons. The number of nitrogens with one attached hydrogen (secondary N) is 2. The van der Waals surface area contributed by atoms with Crippen LogP contribution in [0.15, 0.2) is 24.3 Å². The van der Waals surface area contributed by atoms with Crippen molar-refractivity contribution in [1.29, 1.82) is 0 Å². The van der Waals surface area contributed by atoms with Crippen molar-refractivity contribution in [1.82, 2.24) is 31.0 Å². The van der Waals surface area contributed by atoms with Gasteiger partial charge in [-0.15, -0.1) is 20.4 Å². The van der Waals surface area contributed by atoms with Crippen LogP contribution in [-0.2, 0) is 30.3 Å². The molecule has 2 aromatic rings. The summed E-state index contributed by atoms with van der Waals surface area (Å²) in [6.07, 6.45) is 0.277. The molecule has 0 fully saturated rings. The van der Waals surface area contributed by atoms with Gasteiger partial charge >= 0.3 is 0 Å². The Labute approximate surface area is 187 Å². The van der Waals surface area contributed by atoms with Crippen LogP contribution in [-0.4, -0.2) is 78.4 Å². The van der Waals surface area contributed by atoms with Crippen molar-refractivity contribution in [3.8, 4) is 11.4 Å². The van der Waals surface area contributed by atoms with Gasteiger partial charge in [-0.3, -0.25) is 9.59 Å². The highest BCUT2D eigenvalue weighted by Crippen LogP contribution is 2.13. The highest BCUT2D eigenvalue weighted by molar-refractivity contribution is 5.76. The van der Waals surface area contributed by atoms with Crippen molar-refractivity contribution >= 4 is 11.8 Å². The van der Waals surface area contributed by atoms with Crippen molar-refractivity contribution < 1.29 is 23.8 Å². The fourth-order valence-electron chi connectivity index (χ4n) is 2.46. The zero-order chi connectivity index (χ0) is 23.0. The standard InChI is InChI=1S/C21H30N6O5/c1-16-24-26-21(27-25-16)19-5-3-18(4-6-19)15-23-20(29)7-9-30-11-13-32-14-12-31-10-8-22-17(2)28/h3-6H,7-15H2,1-2H3,(H,22,28)(H,23,29). The van der Waals surface area contributed by atoms with Crippen LogP contribution in [0.1, 0.15) is 24.7 Å². The first-order chi connectivity index (χ1) is 15.5. The molecule has 0 saturated carbocycles. The third-order valence-electron chi connectivity index (χ3n) is 4.12. The van der Waals surface area contributed by atoms with Crippen molar-refractivity contribution in [3.05, 3.63) is 35.7 Å². The van der Waals surface area contributed by atoms with Gasteiger partial charge in [-0.05, 0) is 12.5 Å². The highest BCUT2D eigenvalue weighted by Gasteiger charge is 2.05. The molecular formula is C21H30N6O5. The molecule has 1 heterocycles. The minimum Gasteiger partial charge on any atom is -0.379 e. The van der Waals surface area contributed by atoms with Gasteiger partial charge in [-0.2, -0.15) is 0 Å². The third-order valence-corrected chi connectivity index (χ3v) is 4.12. The van der Waals surface area contributed by atoms with E-state index < -0.39 is 0 Å². The van der Waals surface area contributed by atoms with Gasteiger partial charge in [0.25, 0.3) is 0 Å². The van der Waals surface area contributed by atoms with Crippen LogP contribution in [0, 0.1) is 6.92 Å². The summed E-state index contributed by atoms with van der Waals surface area (Å²) in [6.45, 7) is 6.63. The van der Waals surface area contributed by atoms with E-state index in [2.05, 4.69) is 31.0 Å². The first kappa shape index (κ1) is 25.2. The third kappa shape index (κ3) is 10.8. The minimum atomic E-state index is -0.0853. The maximum atomic E-state index is 11.9. The van der Waals surface area contributed by atoms with Crippen LogP contribution >= 0.6 is 0 Å². The second-order valence-corrected chi connectivity index (χ2v) is 6.81. The second-order valence-electron chi connectivity index (χ2n) is 6.81. The minimum absolute atomic E-state index is 0.0744. The second kappa shape index (κ2) is 14.9. The average Bonchev–Trinajstić information content (AvgIpc) is 2.79. The maximum absolute atomic E-state index is 11.9. The zero-order valence-corrected chi connectivity index (χ0v) is 18.5. The molecule has 0 spiro atoms. The summed E-state index contributed by atoms with van der Waals surface area (Å²) < 4.78 is 16.1. The van der Waals surface area contributed by atoms with Gasteiger partial charge in [0.15, 0.2) is 5.82 Å². The topological polar surface area (TPSA) is 137 Å². The molecule has 0 saturated heterocycles. The quantitative estimate of drug-likeness (QED) is 0.373. The lowest BCUT2D eigenvalue weighted by Gasteiger charge is -2.08. The van der Waals surface area contributed by atoms with Crippen LogP contribution in [0.3, 0.4) is 0 Å². The van der Waals surface area contributed by atoms with Crippen LogP contribution in [0.25, 0.3) is 11.4 Å². The molecule has 2 rings (SSSR count). The van der Waals surface area contributed by atoms with E-state index in [4.69, 9.17) is 14.2 Å². The number of nitrogens with zero attached hydrogens (tertiary/aromatic N) is 4. The van der Waals surface area contributed by atoms with E-state index in [1.54, 1.807) is 6.92 Å². The Morgan fingerprint density at radius 2 is 1.41 bits per heavy atom. The molecule has 11 nitrogen and oxygen atoms in total. The predicted molar refractivity (Wildman–Crippen MR) is 115 cm³/mol. The average molecular weight is 447 g/mol. The molecule has 2 amide bonds. The Balaban J connectivity index is 1.47. The summed E-state index contributed by atoms with van der Waals surface area (Å²) in [5, 5.41) is 21.3. The van der Waals surface area contributed by atoms with Gasteiger partial charge < -0.3 is 24.8 Å². The molecule has 32 heavy (non-hydrogen) atoms. The number of carbonyl (C=O) groups is 2. The van der Waals surface area contributed by atoms with E-state index in [1.165, 1.54) is 6.92 Å². The number of aryl methyl sites for hydroxylation is 1. The Kier molecular flexibility index (Phi) is 11.7. The fourth-order valence-corrected chi connectivity index (χ4v) is 2.46. The van der Waals surface area contributed by atoms with E-state index in [0.29, 0.717) is 64.4 Å². The van der Waals surface area contributed by atoms with Gasteiger partial charge in [-0.1, -0.05) is 24.3 Å². The molecule has 0 aliphatic carbocycles. The summed E-state index contributed by atoms with van der Waals surface area (Å²) in [5.41, 5.74) is 1.77. The normalized spacial score (nSPS) is 10.7. The summed E-state index contributed by atoms with van der Waals surface area (Å²) in [5.74, 6) is 0.820.